The first-order chi connectivity index (χ1) is 11.9. The van der Waals surface area contributed by atoms with E-state index in [2.05, 4.69) is 43.2 Å². The fourth-order valence-corrected chi connectivity index (χ4v) is 3.64. The minimum atomic E-state index is -0.239. The summed E-state index contributed by atoms with van der Waals surface area (Å²) in [4.78, 5) is 29.0. The molecule has 136 valence electrons. The first-order valence-corrected chi connectivity index (χ1v) is 9.33. The van der Waals surface area contributed by atoms with Gasteiger partial charge in [0, 0.05) is 24.7 Å². The summed E-state index contributed by atoms with van der Waals surface area (Å²) in [6.45, 7) is 6.82. The maximum absolute atomic E-state index is 12.6. The van der Waals surface area contributed by atoms with E-state index in [1.54, 1.807) is 4.90 Å². The number of likely N-dealkylation sites (tertiary alicyclic amines) is 1. The van der Waals surface area contributed by atoms with Crippen molar-refractivity contribution in [3.63, 3.8) is 0 Å². The zero-order valence-electron chi connectivity index (χ0n) is 15.5. The standard InChI is InChI=1S/C20H29N3O2/c1-14(2)15-4-6-18(7-5-15)23-13-16(12-19(23)24)20(25)21-17-8-10-22(3)11-9-17/h4-7,14,16-17H,8-13H2,1-3H3,(H,21,25). The maximum atomic E-state index is 12.6. The minimum Gasteiger partial charge on any atom is -0.353 e. The second-order valence-electron chi connectivity index (χ2n) is 7.74. The molecule has 5 nitrogen and oxygen atoms in total. The molecule has 1 aromatic rings. The van der Waals surface area contributed by atoms with Crippen molar-refractivity contribution in [1.82, 2.24) is 10.2 Å². The highest BCUT2D eigenvalue weighted by Gasteiger charge is 2.36. The van der Waals surface area contributed by atoms with Gasteiger partial charge in [0.05, 0.1) is 5.92 Å². The molecular weight excluding hydrogens is 314 g/mol. The summed E-state index contributed by atoms with van der Waals surface area (Å²) < 4.78 is 0. The van der Waals surface area contributed by atoms with Crippen LogP contribution in [0.5, 0.6) is 0 Å². The third kappa shape index (κ3) is 4.21. The van der Waals surface area contributed by atoms with Crippen LogP contribution in [0.25, 0.3) is 0 Å². The van der Waals surface area contributed by atoms with Gasteiger partial charge < -0.3 is 15.1 Å². The average molecular weight is 343 g/mol. The average Bonchev–Trinajstić information content (AvgIpc) is 2.99. The second-order valence-corrected chi connectivity index (χ2v) is 7.74. The summed E-state index contributed by atoms with van der Waals surface area (Å²) >= 11 is 0. The zero-order valence-corrected chi connectivity index (χ0v) is 15.5. The normalized spacial score (nSPS) is 22.6. The summed E-state index contributed by atoms with van der Waals surface area (Å²) in [6, 6.07) is 8.37. The van der Waals surface area contributed by atoms with E-state index in [1.807, 2.05) is 12.1 Å². The summed E-state index contributed by atoms with van der Waals surface area (Å²) in [5, 5.41) is 3.15. The summed E-state index contributed by atoms with van der Waals surface area (Å²) in [7, 11) is 2.11. The van der Waals surface area contributed by atoms with Gasteiger partial charge in [-0.2, -0.15) is 0 Å². The van der Waals surface area contributed by atoms with Gasteiger partial charge in [0.2, 0.25) is 11.8 Å². The molecule has 25 heavy (non-hydrogen) atoms. The van der Waals surface area contributed by atoms with Crippen LogP contribution in [0.15, 0.2) is 24.3 Å². The predicted octanol–water partition coefficient (Wildman–Crippen LogP) is 2.37. The Morgan fingerprint density at radius 1 is 1.16 bits per heavy atom. The number of rotatable bonds is 4. The largest absolute Gasteiger partial charge is 0.353 e. The molecular formula is C20H29N3O2. The Morgan fingerprint density at radius 3 is 2.40 bits per heavy atom. The van der Waals surface area contributed by atoms with Crippen molar-refractivity contribution in [2.24, 2.45) is 5.92 Å². The van der Waals surface area contributed by atoms with E-state index in [9.17, 15) is 9.59 Å². The molecule has 0 bridgehead atoms. The van der Waals surface area contributed by atoms with Crippen LogP contribution in [0.3, 0.4) is 0 Å². The highest BCUT2D eigenvalue weighted by atomic mass is 16.2. The number of nitrogens with one attached hydrogen (secondary N) is 1. The first-order valence-electron chi connectivity index (χ1n) is 9.33. The molecule has 2 heterocycles. The summed E-state index contributed by atoms with van der Waals surface area (Å²) in [6.07, 6.45) is 2.29. The van der Waals surface area contributed by atoms with Crippen molar-refractivity contribution in [2.75, 3.05) is 31.6 Å². The van der Waals surface area contributed by atoms with Crippen LogP contribution in [0, 0.1) is 5.92 Å². The van der Waals surface area contributed by atoms with Crippen LogP contribution in [-0.2, 0) is 9.59 Å². The molecule has 0 radical (unpaired) electrons. The van der Waals surface area contributed by atoms with Crippen LogP contribution in [0.4, 0.5) is 5.69 Å². The number of hydrogen-bond donors (Lipinski definition) is 1. The van der Waals surface area contributed by atoms with Crippen molar-refractivity contribution < 1.29 is 9.59 Å². The molecule has 1 N–H and O–H groups in total. The first kappa shape index (κ1) is 17.9. The lowest BCUT2D eigenvalue weighted by Gasteiger charge is -2.30. The molecule has 0 spiro atoms. The minimum absolute atomic E-state index is 0.0317. The summed E-state index contributed by atoms with van der Waals surface area (Å²) in [5.74, 6) is 0.304. The molecule has 1 atom stereocenters. The Balaban J connectivity index is 1.59. The van der Waals surface area contributed by atoms with E-state index >= 15 is 0 Å². The third-order valence-electron chi connectivity index (χ3n) is 5.43. The lowest BCUT2D eigenvalue weighted by Crippen LogP contribution is -2.45. The Bertz CT molecular complexity index is 618. The fraction of sp³-hybridized carbons (Fsp3) is 0.600. The van der Waals surface area contributed by atoms with Gasteiger partial charge in [0.25, 0.3) is 0 Å². The molecule has 0 aliphatic carbocycles. The second kappa shape index (κ2) is 7.56. The van der Waals surface area contributed by atoms with Gasteiger partial charge in [0.1, 0.15) is 0 Å². The van der Waals surface area contributed by atoms with Crippen molar-refractivity contribution in [1.29, 1.82) is 0 Å². The molecule has 2 fully saturated rings. The maximum Gasteiger partial charge on any atom is 0.227 e. The van der Waals surface area contributed by atoms with Crippen LogP contribution in [0.2, 0.25) is 0 Å². The molecule has 3 rings (SSSR count). The van der Waals surface area contributed by atoms with Crippen molar-refractivity contribution >= 4 is 17.5 Å². The van der Waals surface area contributed by atoms with E-state index in [0.29, 0.717) is 18.9 Å². The highest BCUT2D eigenvalue weighted by Crippen LogP contribution is 2.27. The quantitative estimate of drug-likeness (QED) is 0.913. The Hall–Kier alpha value is -1.88. The number of anilines is 1. The third-order valence-corrected chi connectivity index (χ3v) is 5.43. The van der Waals surface area contributed by atoms with Crippen molar-refractivity contribution in [3.8, 4) is 0 Å². The SMILES string of the molecule is CC(C)c1ccc(N2CC(C(=O)NC3CCN(C)CC3)CC2=O)cc1. The topological polar surface area (TPSA) is 52.7 Å². The Morgan fingerprint density at radius 2 is 1.80 bits per heavy atom. The molecule has 1 aromatic carbocycles. The van der Waals surface area contributed by atoms with Gasteiger partial charge in [-0.1, -0.05) is 26.0 Å². The van der Waals surface area contributed by atoms with E-state index in [4.69, 9.17) is 0 Å². The molecule has 2 aliphatic rings. The molecule has 2 saturated heterocycles. The van der Waals surface area contributed by atoms with Crippen LogP contribution < -0.4 is 10.2 Å². The van der Waals surface area contributed by atoms with Gasteiger partial charge in [-0.25, -0.2) is 0 Å². The van der Waals surface area contributed by atoms with Gasteiger partial charge in [-0.05, 0) is 56.6 Å². The number of hydrogen-bond acceptors (Lipinski definition) is 3. The lowest BCUT2D eigenvalue weighted by molar-refractivity contribution is -0.127. The molecule has 2 aliphatic heterocycles. The smallest absolute Gasteiger partial charge is 0.227 e. The Labute approximate surface area is 150 Å². The number of carbonyl (C=O) groups is 2. The van der Waals surface area contributed by atoms with E-state index in [0.717, 1.165) is 31.6 Å². The van der Waals surface area contributed by atoms with Gasteiger partial charge in [-0.15, -0.1) is 0 Å². The van der Waals surface area contributed by atoms with Crippen molar-refractivity contribution in [3.05, 3.63) is 29.8 Å². The summed E-state index contributed by atoms with van der Waals surface area (Å²) in [5.41, 5.74) is 2.15. The lowest BCUT2D eigenvalue weighted by atomic mass is 10.0. The highest BCUT2D eigenvalue weighted by molar-refractivity contribution is 6.00. The number of nitrogens with zero attached hydrogens (tertiary/aromatic N) is 2. The fourth-order valence-electron chi connectivity index (χ4n) is 3.64. The number of carbonyl (C=O) groups excluding carboxylic acids is 2. The molecule has 1 unspecified atom stereocenters. The molecule has 0 aromatic heterocycles. The van der Waals surface area contributed by atoms with E-state index in [-0.39, 0.29) is 23.8 Å². The van der Waals surface area contributed by atoms with E-state index < -0.39 is 0 Å². The molecule has 5 heteroatoms. The number of benzene rings is 1. The van der Waals surface area contributed by atoms with Crippen LogP contribution in [-0.4, -0.2) is 49.4 Å². The van der Waals surface area contributed by atoms with Gasteiger partial charge in [0.15, 0.2) is 0 Å². The van der Waals surface area contributed by atoms with Crippen molar-refractivity contribution in [2.45, 2.75) is 45.1 Å². The zero-order chi connectivity index (χ0) is 18.0. The monoisotopic (exact) mass is 343 g/mol. The van der Waals surface area contributed by atoms with E-state index in [1.165, 1.54) is 5.56 Å². The molecule has 0 saturated carbocycles. The van der Waals surface area contributed by atoms with Gasteiger partial charge >= 0.3 is 0 Å². The Kier molecular flexibility index (Phi) is 5.42. The van der Waals surface area contributed by atoms with Gasteiger partial charge in [-0.3, -0.25) is 9.59 Å². The number of amides is 2. The molecule has 2 amide bonds. The van der Waals surface area contributed by atoms with Crippen LogP contribution in [0.1, 0.15) is 44.6 Å². The number of piperidine rings is 1. The predicted molar refractivity (Wildman–Crippen MR) is 99.7 cm³/mol. The van der Waals surface area contributed by atoms with Crippen LogP contribution >= 0.6 is 0 Å².